The number of aromatic nitrogens is 1. The Labute approximate surface area is 202 Å². The van der Waals surface area contributed by atoms with Gasteiger partial charge in [-0.2, -0.15) is 0 Å². The summed E-state index contributed by atoms with van der Waals surface area (Å²) in [7, 11) is 1.43. The van der Waals surface area contributed by atoms with E-state index in [0.29, 0.717) is 17.3 Å². The number of hydrogen-bond acceptors (Lipinski definition) is 5. The molecule has 0 atom stereocenters. The van der Waals surface area contributed by atoms with Crippen molar-refractivity contribution in [3.8, 4) is 5.75 Å². The Kier molecular flexibility index (Phi) is 7.49. The monoisotopic (exact) mass is 484 g/mol. The Morgan fingerprint density at radius 3 is 2.50 bits per heavy atom. The number of pyridine rings is 1. The molecule has 1 fully saturated rings. The first-order chi connectivity index (χ1) is 16.4. The molecule has 1 aliphatic heterocycles. The average Bonchev–Trinajstić information content (AvgIpc) is 2.82. The highest BCUT2D eigenvalue weighted by atomic mass is 35.5. The summed E-state index contributed by atoms with van der Waals surface area (Å²) in [4.78, 5) is 29.6. The molecule has 1 amide bonds. The van der Waals surface area contributed by atoms with E-state index in [-0.39, 0.29) is 29.4 Å². The van der Waals surface area contributed by atoms with Gasteiger partial charge < -0.3 is 19.5 Å². The first-order valence-electron chi connectivity index (χ1n) is 11.0. The second-order valence-corrected chi connectivity index (χ2v) is 8.56. The third kappa shape index (κ3) is 5.95. The molecule has 3 aromatic rings. The Morgan fingerprint density at radius 1 is 1.09 bits per heavy atom. The number of methoxy groups -OCH3 is 1. The van der Waals surface area contributed by atoms with E-state index in [9.17, 15) is 14.0 Å². The molecule has 0 unspecified atom stereocenters. The van der Waals surface area contributed by atoms with Gasteiger partial charge in [-0.3, -0.25) is 14.5 Å². The molecule has 2 aromatic carbocycles. The van der Waals surface area contributed by atoms with Crippen molar-refractivity contribution >= 4 is 28.9 Å². The number of halogens is 2. The summed E-state index contributed by atoms with van der Waals surface area (Å²) in [5.41, 5.74) is 2.08. The molecule has 1 saturated heterocycles. The van der Waals surface area contributed by atoms with Crippen LogP contribution in [-0.2, 0) is 17.9 Å². The molecule has 9 heteroatoms. The van der Waals surface area contributed by atoms with Gasteiger partial charge in [-0.25, -0.2) is 4.39 Å². The fourth-order valence-corrected chi connectivity index (χ4v) is 4.19. The minimum absolute atomic E-state index is 0.0219. The molecule has 0 bridgehead atoms. The number of carbonyl (C=O) groups is 1. The van der Waals surface area contributed by atoms with Crippen LogP contribution in [0.15, 0.2) is 65.6 Å². The molecule has 0 aliphatic carbocycles. The van der Waals surface area contributed by atoms with Gasteiger partial charge in [0.25, 0.3) is 0 Å². The van der Waals surface area contributed by atoms with Crippen LogP contribution in [0.2, 0.25) is 5.02 Å². The summed E-state index contributed by atoms with van der Waals surface area (Å²) in [6.07, 6.45) is 1.57. The largest absolute Gasteiger partial charge is 0.491 e. The standard InChI is InChI=1S/C25H26ClFN4O3/c1-34-24-16-31(17-25(33)28-20-4-2-3-18(26)13-20)22(14-23(24)32)15-29-9-11-30(12-10-29)21-7-5-19(27)6-8-21/h2-8,13-14,16H,9-12,15,17H2,1H3,(H,28,33). The van der Waals surface area contributed by atoms with Gasteiger partial charge in [0.1, 0.15) is 12.4 Å². The number of anilines is 2. The molecule has 34 heavy (non-hydrogen) atoms. The number of benzene rings is 2. The second-order valence-electron chi connectivity index (χ2n) is 8.12. The maximum atomic E-state index is 13.2. The first-order valence-corrected chi connectivity index (χ1v) is 11.3. The Bertz CT molecular complexity index is 1210. The lowest BCUT2D eigenvalue weighted by atomic mass is 10.2. The first kappa shape index (κ1) is 23.8. The van der Waals surface area contributed by atoms with Crippen LogP contribution < -0.4 is 20.4 Å². The van der Waals surface area contributed by atoms with E-state index in [4.69, 9.17) is 16.3 Å². The van der Waals surface area contributed by atoms with Crippen LogP contribution in [0.25, 0.3) is 0 Å². The zero-order valence-electron chi connectivity index (χ0n) is 18.8. The van der Waals surface area contributed by atoms with E-state index >= 15 is 0 Å². The van der Waals surface area contributed by atoms with Crippen molar-refractivity contribution in [2.24, 2.45) is 0 Å². The molecule has 7 nitrogen and oxygen atoms in total. The van der Waals surface area contributed by atoms with Crippen molar-refractivity contribution in [3.63, 3.8) is 0 Å². The number of carbonyl (C=O) groups excluding carboxylic acids is 1. The molecule has 1 aromatic heterocycles. The highest BCUT2D eigenvalue weighted by molar-refractivity contribution is 6.30. The molecule has 0 radical (unpaired) electrons. The average molecular weight is 485 g/mol. The van der Waals surface area contributed by atoms with E-state index in [1.807, 2.05) is 0 Å². The molecular weight excluding hydrogens is 459 g/mol. The predicted molar refractivity (Wildman–Crippen MR) is 131 cm³/mol. The van der Waals surface area contributed by atoms with Crippen LogP contribution in [0.3, 0.4) is 0 Å². The lowest BCUT2D eigenvalue weighted by Gasteiger charge is -2.36. The maximum Gasteiger partial charge on any atom is 0.244 e. The number of piperazine rings is 1. The highest BCUT2D eigenvalue weighted by Gasteiger charge is 2.20. The maximum absolute atomic E-state index is 13.2. The highest BCUT2D eigenvalue weighted by Crippen LogP contribution is 2.19. The smallest absolute Gasteiger partial charge is 0.244 e. The van der Waals surface area contributed by atoms with Crippen LogP contribution in [0.1, 0.15) is 5.69 Å². The van der Waals surface area contributed by atoms with Gasteiger partial charge in [0.15, 0.2) is 5.75 Å². The fourth-order valence-electron chi connectivity index (χ4n) is 4.00. The number of nitrogens with one attached hydrogen (secondary N) is 1. The zero-order chi connectivity index (χ0) is 24.1. The summed E-state index contributed by atoms with van der Waals surface area (Å²) in [5, 5.41) is 3.36. The van der Waals surface area contributed by atoms with Crippen molar-refractivity contribution in [1.82, 2.24) is 9.47 Å². The predicted octanol–water partition coefficient (Wildman–Crippen LogP) is 3.61. The Hall–Kier alpha value is -3.36. The van der Waals surface area contributed by atoms with Crippen molar-refractivity contribution in [2.75, 3.05) is 43.5 Å². The quantitative estimate of drug-likeness (QED) is 0.555. The summed E-state index contributed by atoms with van der Waals surface area (Å²) in [5.74, 6) is -0.310. The van der Waals surface area contributed by atoms with Crippen LogP contribution in [0.5, 0.6) is 5.75 Å². The van der Waals surface area contributed by atoms with Crippen molar-refractivity contribution in [1.29, 1.82) is 0 Å². The molecule has 0 spiro atoms. The molecule has 178 valence electrons. The zero-order valence-corrected chi connectivity index (χ0v) is 19.6. The van der Waals surface area contributed by atoms with Crippen LogP contribution in [-0.4, -0.2) is 48.7 Å². The van der Waals surface area contributed by atoms with E-state index in [1.165, 1.54) is 25.3 Å². The minimum Gasteiger partial charge on any atom is -0.491 e. The van der Waals surface area contributed by atoms with Gasteiger partial charge in [0.2, 0.25) is 11.3 Å². The van der Waals surface area contributed by atoms with Gasteiger partial charge in [-0.05, 0) is 42.5 Å². The van der Waals surface area contributed by atoms with Crippen LogP contribution >= 0.6 is 11.6 Å². The third-order valence-corrected chi connectivity index (χ3v) is 6.01. The lowest BCUT2D eigenvalue weighted by Crippen LogP contribution is -2.46. The minimum atomic E-state index is -0.251. The van der Waals surface area contributed by atoms with Gasteiger partial charge in [0.05, 0.1) is 13.3 Å². The summed E-state index contributed by atoms with van der Waals surface area (Å²) >= 11 is 6.00. The van der Waals surface area contributed by atoms with E-state index < -0.39 is 0 Å². The van der Waals surface area contributed by atoms with Gasteiger partial charge in [0, 0.05) is 60.9 Å². The van der Waals surface area contributed by atoms with E-state index in [1.54, 1.807) is 47.2 Å². The van der Waals surface area contributed by atoms with Crippen molar-refractivity contribution in [2.45, 2.75) is 13.1 Å². The Morgan fingerprint density at radius 2 is 1.82 bits per heavy atom. The Balaban J connectivity index is 1.45. The van der Waals surface area contributed by atoms with E-state index in [0.717, 1.165) is 37.6 Å². The second kappa shape index (κ2) is 10.7. The van der Waals surface area contributed by atoms with Crippen molar-refractivity contribution in [3.05, 3.63) is 87.6 Å². The number of nitrogens with zero attached hydrogens (tertiary/aromatic N) is 3. The number of rotatable bonds is 7. The van der Waals surface area contributed by atoms with Crippen LogP contribution in [0.4, 0.5) is 15.8 Å². The summed E-state index contributed by atoms with van der Waals surface area (Å²) in [6, 6.07) is 14.9. The summed E-state index contributed by atoms with van der Waals surface area (Å²) in [6.45, 7) is 3.64. The number of hydrogen-bond donors (Lipinski definition) is 1. The topological polar surface area (TPSA) is 66.8 Å². The van der Waals surface area contributed by atoms with E-state index in [2.05, 4.69) is 15.1 Å². The molecule has 2 heterocycles. The molecule has 1 aliphatic rings. The third-order valence-electron chi connectivity index (χ3n) is 5.77. The van der Waals surface area contributed by atoms with Gasteiger partial charge >= 0.3 is 0 Å². The molecular formula is C25H26ClFN4O3. The van der Waals surface area contributed by atoms with Crippen molar-refractivity contribution < 1.29 is 13.9 Å². The SMILES string of the molecule is COc1cn(CC(=O)Nc2cccc(Cl)c2)c(CN2CCN(c3ccc(F)cc3)CC2)cc1=O. The van der Waals surface area contributed by atoms with Gasteiger partial charge in [-0.1, -0.05) is 17.7 Å². The van der Waals surface area contributed by atoms with Gasteiger partial charge in [-0.15, -0.1) is 0 Å². The fraction of sp³-hybridized carbons (Fsp3) is 0.280. The number of amides is 1. The van der Waals surface area contributed by atoms with Crippen LogP contribution in [0, 0.1) is 5.82 Å². The normalized spacial score (nSPS) is 14.1. The molecule has 1 N–H and O–H groups in total. The lowest BCUT2D eigenvalue weighted by molar-refractivity contribution is -0.116. The molecule has 4 rings (SSSR count). The molecule has 0 saturated carbocycles. The number of ether oxygens (including phenoxy) is 1. The summed E-state index contributed by atoms with van der Waals surface area (Å²) < 4.78 is 20.1.